The van der Waals surface area contributed by atoms with Gasteiger partial charge in [0.05, 0.1) is 5.69 Å². The maximum absolute atomic E-state index is 4.25. The molecular formula is C12H12BrN3. The van der Waals surface area contributed by atoms with Gasteiger partial charge in [0, 0.05) is 23.4 Å². The van der Waals surface area contributed by atoms with Gasteiger partial charge in [-0.15, -0.1) is 6.58 Å². The van der Waals surface area contributed by atoms with Crippen molar-refractivity contribution in [2.75, 3.05) is 5.32 Å². The average molecular weight is 278 g/mol. The van der Waals surface area contributed by atoms with E-state index in [1.165, 1.54) is 0 Å². The van der Waals surface area contributed by atoms with Gasteiger partial charge in [-0.2, -0.15) is 0 Å². The number of para-hydroxylation sites is 1. The summed E-state index contributed by atoms with van der Waals surface area (Å²) in [6.07, 6.45) is 5.52. The van der Waals surface area contributed by atoms with Crippen LogP contribution in [-0.2, 0) is 6.54 Å². The van der Waals surface area contributed by atoms with Gasteiger partial charge in [0.25, 0.3) is 0 Å². The lowest BCUT2D eigenvalue weighted by Gasteiger charge is -2.09. The van der Waals surface area contributed by atoms with E-state index in [9.17, 15) is 0 Å². The summed E-state index contributed by atoms with van der Waals surface area (Å²) in [7, 11) is 0. The fourth-order valence-corrected chi connectivity index (χ4v) is 1.79. The van der Waals surface area contributed by atoms with E-state index in [1.54, 1.807) is 6.20 Å². The Morgan fingerprint density at radius 1 is 1.44 bits per heavy atom. The molecule has 0 saturated heterocycles. The quantitative estimate of drug-likeness (QED) is 0.866. The molecule has 0 aliphatic heterocycles. The van der Waals surface area contributed by atoms with Crippen LogP contribution in [0.15, 0.2) is 53.8 Å². The number of nitrogens with zero attached hydrogens (tertiary/aromatic N) is 2. The highest BCUT2D eigenvalue weighted by Gasteiger charge is 2.03. The molecule has 1 aromatic carbocycles. The van der Waals surface area contributed by atoms with Crippen LogP contribution in [-0.4, -0.2) is 9.55 Å². The second-order valence-electron chi connectivity index (χ2n) is 3.30. The fraction of sp³-hybridized carbons (Fsp3) is 0.0833. The predicted molar refractivity (Wildman–Crippen MR) is 69.8 cm³/mol. The van der Waals surface area contributed by atoms with Crippen molar-refractivity contribution in [2.24, 2.45) is 0 Å². The van der Waals surface area contributed by atoms with Crippen molar-refractivity contribution in [3.05, 3.63) is 53.8 Å². The van der Waals surface area contributed by atoms with Crippen LogP contribution in [0.25, 0.3) is 0 Å². The van der Waals surface area contributed by atoms with Crippen molar-refractivity contribution in [3.63, 3.8) is 0 Å². The summed E-state index contributed by atoms with van der Waals surface area (Å²) in [5.74, 6) is 0.812. The first-order valence-electron chi connectivity index (χ1n) is 4.95. The van der Waals surface area contributed by atoms with Crippen LogP contribution >= 0.6 is 15.9 Å². The number of imidazole rings is 1. The van der Waals surface area contributed by atoms with E-state index in [2.05, 4.69) is 32.8 Å². The lowest BCUT2D eigenvalue weighted by Crippen LogP contribution is -2.02. The molecule has 1 N–H and O–H groups in total. The molecule has 1 heterocycles. The molecule has 0 spiro atoms. The monoisotopic (exact) mass is 277 g/mol. The second-order valence-corrected chi connectivity index (χ2v) is 4.15. The summed E-state index contributed by atoms with van der Waals surface area (Å²) < 4.78 is 3.01. The van der Waals surface area contributed by atoms with E-state index >= 15 is 0 Å². The SMILES string of the molecule is C=CCn1ccnc1Nc1ccccc1Br. The van der Waals surface area contributed by atoms with Crippen LogP contribution in [0.3, 0.4) is 0 Å². The lowest BCUT2D eigenvalue weighted by molar-refractivity contribution is 0.833. The third-order valence-electron chi connectivity index (χ3n) is 2.16. The van der Waals surface area contributed by atoms with E-state index in [4.69, 9.17) is 0 Å². The predicted octanol–water partition coefficient (Wildman–Crippen LogP) is 3.58. The maximum atomic E-state index is 4.25. The van der Waals surface area contributed by atoms with Crippen LogP contribution in [0.5, 0.6) is 0 Å². The number of aromatic nitrogens is 2. The minimum Gasteiger partial charge on any atom is -0.325 e. The van der Waals surface area contributed by atoms with Gasteiger partial charge < -0.3 is 9.88 Å². The number of benzene rings is 1. The highest BCUT2D eigenvalue weighted by Crippen LogP contribution is 2.24. The molecular weight excluding hydrogens is 266 g/mol. The zero-order valence-corrected chi connectivity index (χ0v) is 10.3. The highest BCUT2D eigenvalue weighted by atomic mass is 79.9. The van der Waals surface area contributed by atoms with Gasteiger partial charge >= 0.3 is 0 Å². The van der Waals surface area contributed by atoms with Crippen molar-refractivity contribution < 1.29 is 0 Å². The Balaban J connectivity index is 2.23. The van der Waals surface area contributed by atoms with Crippen LogP contribution in [0, 0.1) is 0 Å². The minimum atomic E-state index is 0.743. The molecule has 0 fully saturated rings. The Hall–Kier alpha value is -1.55. The van der Waals surface area contributed by atoms with Crippen molar-refractivity contribution in [3.8, 4) is 0 Å². The molecule has 0 saturated carbocycles. The molecule has 0 radical (unpaired) electrons. The van der Waals surface area contributed by atoms with Crippen molar-refractivity contribution in [1.82, 2.24) is 9.55 Å². The third-order valence-corrected chi connectivity index (χ3v) is 2.85. The highest BCUT2D eigenvalue weighted by molar-refractivity contribution is 9.10. The Bertz CT molecular complexity index is 491. The summed E-state index contributed by atoms with van der Waals surface area (Å²) in [6, 6.07) is 7.94. The summed E-state index contributed by atoms with van der Waals surface area (Å²) in [5.41, 5.74) is 0.999. The van der Waals surface area contributed by atoms with Crippen molar-refractivity contribution in [1.29, 1.82) is 0 Å². The van der Waals surface area contributed by atoms with Gasteiger partial charge in [-0.05, 0) is 28.1 Å². The number of halogens is 1. The second kappa shape index (κ2) is 4.99. The number of rotatable bonds is 4. The molecule has 4 heteroatoms. The number of nitrogens with one attached hydrogen (secondary N) is 1. The van der Waals surface area contributed by atoms with Crippen LogP contribution in [0.2, 0.25) is 0 Å². The summed E-state index contributed by atoms with van der Waals surface area (Å²) >= 11 is 3.49. The maximum Gasteiger partial charge on any atom is 0.207 e. The van der Waals surface area contributed by atoms with E-state index in [-0.39, 0.29) is 0 Å². The first-order valence-corrected chi connectivity index (χ1v) is 5.74. The van der Waals surface area contributed by atoms with E-state index in [0.29, 0.717) is 0 Å². The topological polar surface area (TPSA) is 29.9 Å². The Kier molecular flexibility index (Phi) is 3.41. The van der Waals surface area contributed by atoms with E-state index in [0.717, 1.165) is 22.7 Å². The Morgan fingerprint density at radius 2 is 2.25 bits per heavy atom. The number of hydrogen-bond acceptors (Lipinski definition) is 2. The molecule has 2 rings (SSSR count). The normalized spacial score (nSPS) is 10.1. The largest absolute Gasteiger partial charge is 0.325 e. The van der Waals surface area contributed by atoms with E-state index < -0.39 is 0 Å². The third kappa shape index (κ3) is 2.33. The fourth-order valence-electron chi connectivity index (χ4n) is 1.40. The smallest absolute Gasteiger partial charge is 0.207 e. The molecule has 2 aromatic rings. The lowest BCUT2D eigenvalue weighted by atomic mass is 10.3. The van der Waals surface area contributed by atoms with Crippen LogP contribution in [0.4, 0.5) is 11.6 Å². The first kappa shape index (κ1) is 11.0. The molecule has 0 bridgehead atoms. The molecule has 0 atom stereocenters. The molecule has 0 aliphatic carbocycles. The van der Waals surface area contributed by atoms with Gasteiger partial charge in [-0.1, -0.05) is 18.2 Å². The van der Waals surface area contributed by atoms with Gasteiger partial charge in [0.2, 0.25) is 5.95 Å². The van der Waals surface area contributed by atoms with E-state index in [1.807, 2.05) is 41.1 Å². The van der Waals surface area contributed by atoms with Gasteiger partial charge in [-0.25, -0.2) is 4.98 Å². The average Bonchev–Trinajstić information content (AvgIpc) is 2.70. The van der Waals surface area contributed by atoms with Gasteiger partial charge in [0.1, 0.15) is 0 Å². The molecule has 0 aliphatic rings. The Labute approximate surface area is 103 Å². The van der Waals surface area contributed by atoms with Crippen LogP contribution < -0.4 is 5.32 Å². The zero-order chi connectivity index (χ0) is 11.4. The zero-order valence-electron chi connectivity index (χ0n) is 8.73. The molecule has 82 valence electrons. The summed E-state index contributed by atoms with van der Waals surface area (Å²) in [5, 5.41) is 3.26. The number of hydrogen-bond donors (Lipinski definition) is 1. The van der Waals surface area contributed by atoms with Gasteiger partial charge in [-0.3, -0.25) is 0 Å². The molecule has 16 heavy (non-hydrogen) atoms. The first-order chi connectivity index (χ1) is 7.81. The molecule has 0 amide bonds. The molecule has 1 aromatic heterocycles. The molecule has 3 nitrogen and oxygen atoms in total. The van der Waals surface area contributed by atoms with Gasteiger partial charge in [0.15, 0.2) is 0 Å². The van der Waals surface area contributed by atoms with Crippen LogP contribution in [0.1, 0.15) is 0 Å². The van der Waals surface area contributed by atoms with Crippen molar-refractivity contribution >= 4 is 27.6 Å². The number of allylic oxidation sites excluding steroid dienone is 1. The number of anilines is 2. The Morgan fingerprint density at radius 3 is 3.00 bits per heavy atom. The standard InChI is InChI=1S/C12H12BrN3/c1-2-8-16-9-7-14-12(16)15-11-6-4-3-5-10(11)13/h2-7,9H,1,8H2,(H,14,15). The minimum absolute atomic E-state index is 0.743. The molecule has 0 unspecified atom stereocenters. The summed E-state index contributed by atoms with van der Waals surface area (Å²) in [6.45, 7) is 4.46. The van der Waals surface area contributed by atoms with Crippen molar-refractivity contribution in [2.45, 2.75) is 6.54 Å². The summed E-state index contributed by atoms with van der Waals surface area (Å²) in [4.78, 5) is 4.25.